The van der Waals surface area contributed by atoms with Gasteiger partial charge in [0, 0.05) is 36.3 Å². The summed E-state index contributed by atoms with van der Waals surface area (Å²) >= 11 is 0. The van der Waals surface area contributed by atoms with Gasteiger partial charge in [0.05, 0.1) is 13.0 Å². The monoisotopic (exact) mass is 406 g/mol. The number of aromatic nitrogens is 3. The third-order valence-corrected chi connectivity index (χ3v) is 4.80. The van der Waals surface area contributed by atoms with Crippen LogP contribution in [0.2, 0.25) is 0 Å². The van der Waals surface area contributed by atoms with Crippen molar-refractivity contribution in [2.24, 2.45) is 0 Å². The number of nitrogens with one attached hydrogen (secondary N) is 1. The molecular weight excluding hydrogens is 380 g/mol. The third kappa shape index (κ3) is 5.31. The summed E-state index contributed by atoms with van der Waals surface area (Å²) in [5.74, 6) is 1.07. The number of pyridine rings is 1. The fraction of sp³-hybridized carbons (Fsp3) is 0.304. The van der Waals surface area contributed by atoms with E-state index in [0.29, 0.717) is 30.2 Å². The van der Waals surface area contributed by atoms with E-state index in [2.05, 4.69) is 21.0 Å². The van der Waals surface area contributed by atoms with Gasteiger partial charge in [0.2, 0.25) is 5.91 Å². The Morgan fingerprint density at radius 3 is 2.53 bits per heavy atom. The minimum absolute atomic E-state index is 0.0124. The quantitative estimate of drug-likeness (QED) is 0.652. The zero-order chi connectivity index (χ0) is 21.7. The Hall–Kier alpha value is -3.48. The lowest BCUT2D eigenvalue weighted by molar-refractivity contribution is -0.129. The maximum absolute atomic E-state index is 12.6. The maximum atomic E-state index is 12.6. The number of rotatable bonds is 7. The fourth-order valence-corrected chi connectivity index (χ4v) is 3.19. The normalized spacial score (nSPS) is 10.7. The van der Waals surface area contributed by atoms with E-state index in [0.717, 1.165) is 22.4 Å². The number of hydrogen-bond acceptors (Lipinski definition) is 5. The van der Waals surface area contributed by atoms with Gasteiger partial charge in [0.15, 0.2) is 0 Å². The summed E-state index contributed by atoms with van der Waals surface area (Å²) in [6, 6.07) is 9.60. The van der Waals surface area contributed by atoms with Crippen LogP contribution in [0.4, 0.5) is 0 Å². The number of H-pyrrole nitrogens is 1. The second-order valence-corrected chi connectivity index (χ2v) is 7.38. The molecular formula is C23H26N4O3. The van der Waals surface area contributed by atoms with Crippen LogP contribution in [0.1, 0.15) is 22.4 Å². The highest BCUT2D eigenvalue weighted by atomic mass is 16.5. The van der Waals surface area contributed by atoms with E-state index in [1.807, 2.05) is 32.0 Å². The number of likely N-dealkylation sites (N-methyl/N-ethyl adjacent to an activating group) is 1. The summed E-state index contributed by atoms with van der Waals surface area (Å²) in [5.41, 5.74) is 3.57. The standard InChI is InChI=1S/C23H26N4O3/c1-15-10-16(2)12-19(11-15)30-9-8-27(4)21(28)13-20-17(3)25-22(26-23(20)29)18-6-5-7-24-14-18/h5-7,10-12,14H,8-9,13H2,1-4H3,(H,25,26,29). The molecule has 1 N–H and O–H groups in total. The molecule has 0 saturated carbocycles. The Kier molecular flexibility index (Phi) is 6.61. The molecule has 2 aromatic heterocycles. The first-order valence-corrected chi connectivity index (χ1v) is 9.78. The molecule has 3 aromatic rings. The topological polar surface area (TPSA) is 88.2 Å². The van der Waals surface area contributed by atoms with E-state index in [1.54, 1.807) is 37.3 Å². The van der Waals surface area contributed by atoms with E-state index < -0.39 is 0 Å². The van der Waals surface area contributed by atoms with Gasteiger partial charge < -0.3 is 14.6 Å². The lowest BCUT2D eigenvalue weighted by atomic mass is 10.1. The molecule has 0 atom stereocenters. The fourth-order valence-electron chi connectivity index (χ4n) is 3.19. The number of ether oxygens (including phenoxy) is 1. The molecule has 0 saturated heterocycles. The molecule has 3 rings (SSSR count). The predicted octanol–water partition coefficient (Wildman–Crippen LogP) is 2.84. The van der Waals surface area contributed by atoms with Gasteiger partial charge in [0.25, 0.3) is 5.56 Å². The van der Waals surface area contributed by atoms with Crippen LogP contribution in [-0.4, -0.2) is 46.0 Å². The van der Waals surface area contributed by atoms with Gasteiger partial charge in [0.1, 0.15) is 18.2 Å². The molecule has 1 aromatic carbocycles. The van der Waals surface area contributed by atoms with Gasteiger partial charge in [-0.15, -0.1) is 0 Å². The average Bonchev–Trinajstić information content (AvgIpc) is 2.70. The second-order valence-electron chi connectivity index (χ2n) is 7.38. The number of hydrogen-bond donors (Lipinski definition) is 1. The van der Waals surface area contributed by atoms with Crippen molar-refractivity contribution in [2.45, 2.75) is 27.2 Å². The molecule has 0 fully saturated rings. The van der Waals surface area contributed by atoms with E-state index >= 15 is 0 Å². The molecule has 7 nitrogen and oxygen atoms in total. The molecule has 0 bridgehead atoms. The maximum Gasteiger partial charge on any atom is 0.255 e. The van der Waals surface area contributed by atoms with Crippen LogP contribution in [0.25, 0.3) is 11.4 Å². The zero-order valence-corrected chi connectivity index (χ0v) is 17.7. The van der Waals surface area contributed by atoms with Crippen LogP contribution in [0.5, 0.6) is 5.75 Å². The van der Waals surface area contributed by atoms with Crippen molar-refractivity contribution in [3.63, 3.8) is 0 Å². The second kappa shape index (κ2) is 9.35. The first-order valence-electron chi connectivity index (χ1n) is 9.78. The van der Waals surface area contributed by atoms with Gasteiger partial charge in [-0.1, -0.05) is 6.07 Å². The number of benzene rings is 1. The molecule has 156 valence electrons. The van der Waals surface area contributed by atoms with Crippen LogP contribution in [0.15, 0.2) is 47.5 Å². The van der Waals surface area contributed by atoms with Crippen molar-refractivity contribution in [2.75, 3.05) is 20.2 Å². The minimum atomic E-state index is -0.311. The predicted molar refractivity (Wildman–Crippen MR) is 116 cm³/mol. The van der Waals surface area contributed by atoms with Crippen LogP contribution < -0.4 is 10.3 Å². The van der Waals surface area contributed by atoms with Crippen molar-refractivity contribution in [3.05, 3.63) is 75.5 Å². The van der Waals surface area contributed by atoms with E-state index in [1.165, 1.54) is 0 Å². The lowest BCUT2D eigenvalue weighted by Crippen LogP contribution is -2.34. The van der Waals surface area contributed by atoms with Gasteiger partial charge in [-0.2, -0.15) is 0 Å². The number of aromatic amines is 1. The number of aryl methyl sites for hydroxylation is 3. The number of amides is 1. The van der Waals surface area contributed by atoms with E-state index in [4.69, 9.17) is 4.74 Å². The Balaban J connectivity index is 1.61. The van der Waals surface area contributed by atoms with Gasteiger partial charge >= 0.3 is 0 Å². The van der Waals surface area contributed by atoms with Crippen molar-refractivity contribution in [1.29, 1.82) is 0 Å². The number of nitrogens with zero attached hydrogens (tertiary/aromatic N) is 3. The summed E-state index contributed by atoms with van der Waals surface area (Å²) in [7, 11) is 1.70. The molecule has 1 amide bonds. The van der Waals surface area contributed by atoms with Crippen molar-refractivity contribution in [3.8, 4) is 17.1 Å². The molecule has 0 aliphatic carbocycles. The van der Waals surface area contributed by atoms with Crippen LogP contribution in [0, 0.1) is 20.8 Å². The third-order valence-electron chi connectivity index (χ3n) is 4.80. The van der Waals surface area contributed by atoms with Crippen LogP contribution in [0.3, 0.4) is 0 Å². The molecule has 30 heavy (non-hydrogen) atoms. The molecule has 7 heteroatoms. The molecule has 0 radical (unpaired) electrons. The highest BCUT2D eigenvalue weighted by Crippen LogP contribution is 2.16. The van der Waals surface area contributed by atoms with Crippen molar-refractivity contribution >= 4 is 5.91 Å². The zero-order valence-electron chi connectivity index (χ0n) is 17.7. The highest BCUT2D eigenvalue weighted by molar-refractivity contribution is 5.78. The lowest BCUT2D eigenvalue weighted by Gasteiger charge is -2.18. The largest absolute Gasteiger partial charge is 0.492 e. The summed E-state index contributed by atoms with van der Waals surface area (Å²) in [5, 5.41) is 0. The smallest absolute Gasteiger partial charge is 0.255 e. The Labute approximate surface area is 175 Å². The van der Waals surface area contributed by atoms with E-state index in [9.17, 15) is 9.59 Å². The first-order chi connectivity index (χ1) is 14.3. The first kappa shape index (κ1) is 21.2. The SMILES string of the molecule is Cc1cc(C)cc(OCCN(C)C(=O)Cc2c(C)nc(-c3cccnc3)[nH]c2=O)c1. The van der Waals surface area contributed by atoms with Gasteiger partial charge in [-0.25, -0.2) is 4.98 Å². The van der Waals surface area contributed by atoms with Crippen molar-refractivity contribution < 1.29 is 9.53 Å². The molecule has 2 heterocycles. The van der Waals surface area contributed by atoms with E-state index in [-0.39, 0.29) is 17.9 Å². The molecule has 0 aliphatic heterocycles. The molecule has 0 unspecified atom stereocenters. The number of carbonyl (C=O) groups excluding carboxylic acids is 1. The Morgan fingerprint density at radius 2 is 1.90 bits per heavy atom. The average molecular weight is 406 g/mol. The highest BCUT2D eigenvalue weighted by Gasteiger charge is 2.16. The summed E-state index contributed by atoms with van der Waals surface area (Å²) < 4.78 is 5.77. The number of carbonyl (C=O) groups is 1. The Morgan fingerprint density at radius 1 is 1.17 bits per heavy atom. The van der Waals surface area contributed by atoms with Crippen LogP contribution >= 0.6 is 0 Å². The minimum Gasteiger partial charge on any atom is -0.492 e. The van der Waals surface area contributed by atoms with Crippen molar-refractivity contribution in [1.82, 2.24) is 19.9 Å². The summed E-state index contributed by atoms with van der Waals surface area (Å²) in [6.45, 7) is 6.56. The Bertz CT molecular complexity index is 1070. The van der Waals surface area contributed by atoms with Gasteiger partial charge in [-0.05, 0) is 56.2 Å². The van der Waals surface area contributed by atoms with Gasteiger partial charge in [-0.3, -0.25) is 14.6 Å². The molecule has 0 aliphatic rings. The molecule has 0 spiro atoms. The van der Waals surface area contributed by atoms with Crippen LogP contribution in [-0.2, 0) is 11.2 Å². The summed E-state index contributed by atoms with van der Waals surface area (Å²) in [6.07, 6.45) is 3.27. The summed E-state index contributed by atoms with van der Waals surface area (Å²) in [4.78, 5) is 37.9.